The molecule has 0 radical (unpaired) electrons. The number of aromatic carboxylic acids is 1. The van der Waals surface area contributed by atoms with Gasteiger partial charge < -0.3 is 15.2 Å². The third-order valence-corrected chi connectivity index (χ3v) is 5.76. The topological polar surface area (TPSA) is 58.6 Å². The molecule has 138 valence electrons. The van der Waals surface area contributed by atoms with Crippen LogP contribution in [0.5, 0.6) is 0 Å². The zero-order chi connectivity index (χ0) is 17.6. The summed E-state index contributed by atoms with van der Waals surface area (Å²) in [4.78, 5) is 11.0. The van der Waals surface area contributed by atoms with Gasteiger partial charge in [0.1, 0.15) is 0 Å². The summed E-state index contributed by atoms with van der Waals surface area (Å²) >= 11 is 0. The van der Waals surface area contributed by atoms with Gasteiger partial charge >= 0.3 is 5.97 Å². The first-order chi connectivity index (χ1) is 12.2. The Bertz CT molecular complexity index is 557. The first-order valence-corrected chi connectivity index (χ1v) is 9.90. The van der Waals surface area contributed by atoms with Crippen molar-refractivity contribution in [1.82, 2.24) is 5.32 Å². The Kier molecular flexibility index (Phi) is 6.49. The van der Waals surface area contributed by atoms with Gasteiger partial charge in [0, 0.05) is 12.0 Å². The zero-order valence-corrected chi connectivity index (χ0v) is 15.2. The van der Waals surface area contributed by atoms with Crippen LogP contribution in [0.2, 0.25) is 0 Å². The molecule has 0 aliphatic carbocycles. The molecule has 25 heavy (non-hydrogen) atoms. The van der Waals surface area contributed by atoms with Gasteiger partial charge in [-0.2, -0.15) is 0 Å². The summed E-state index contributed by atoms with van der Waals surface area (Å²) in [5.41, 5.74) is 1.57. The van der Waals surface area contributed by atoms with Gasteiger partial charge in [-0.25, -0.2) is 4.79 Å². The predicted octanol–water partition coefficient (Wildman–Crippen LogP) is 4.03. The van der Waals surface area contributed by atoms with Gasteiger partial charge in [-0.3, -0.25) is 0 Å². The summed E-state index contributed by atoms with van der Waals surface area (Å²) in [7, 11) is 0. The number of hydrogen-bond donors (Lipinski definition) is 2. The molecule has 2 aliphatic heterocycles. The summed E-state index contributed by atoms with van der Waals surface area (Å²) in [6.45, 7) is 3.33. The van der Waals surface area contributed by atoms with Crippen molar-refractivity contribution in [2.75, 3.05) is 6.54 Å². The van der Waals surface area contributed by atoms with Gasteiger partial charge in [0.25, 0.3) is 0 Å². The molecule has 2 N–H and O–H groups in total. The molecular weight excluding hydrogens is 314 g/mol. The highest BCUT2D eigenvalue weighted by molar-refractivity contribution is 5.87. The van der Waals surface area contributed by atoms with Crippen molar-refractivity contribution in [2.24, 2.45) is 5.92 Å². The highest BCUT2D eigenvalue weighted by Gasteiger charge is 2.48. The molecule has 4 atom stereocenters. The van der Waals surface area contributed by atoms with Crippen LogP contribution in [0.15, 0.2) is 24.3 Å². The van der Waals surface area contributed by atoms with Crippen LogP contribution >= 0.6 is 0 Å². The average Bonchev–Trinajstić information content (AvgIpc) is 3.21. The monoisotopic (exact) mass is 345 g/mol. The van der Waals surface area contributed by atoms with E-state index < -0.39 is 5.97 Å². The lowest BCUT2D eigenvalue weighted by Crippen LogP contribution is -2.45. The lowest BCUT2D eigenvalue weighted by atomic mass is 9.80. The van der Waals surface area contributed by atoms with Crippen LogP contribution < -0.4 is 5.32 Å². The van der Waals surface area contributed by atoms with Crippen LogP contribution in [0.1, 0.15) is 67.8 Å². The molecule has 0 aromatic heterocycles. The van der Waals surface area contributed by atoms with Crippen LogP contribution in [-0.4, -0.2) is 35.9 Å². The van der Waals surface area contributed by atoms with Crippen molar-refractivity contribution < 1.29 is 14.6 Å². The molecule has 2 heterocycles. The van der Waals surface area contributed by atoms with Crippen molar-refractivity contribution in [1.29, 1.82) is 0 Å². The van der Waals surface area contributed by atoms with E-state index in [0.717, 1.165) is 19.4 Å². The van der Waals surface area contributed by atoms with E-state index >= 15 is 0 Å². The van der Waals surface area contributed by atoms with Crippen LogP contribution in [0.3, 0.4) is 0 Å². The largest absolute Gasteiger partial charge is 0.478 e. The number of benzene rings is 1. The minimum atomic E-state index is -0.863. The number of carbonyl (C=O) groups is 1. The first-order valence-electron chi connectivity index (χ1n) is 9.90. The summed E-state index contributed by atoms with van der Waals surface area (Å²) in [5.74, 6) is -0.359. The Morgan fingerprint density at radius 2 is 1.84 bits per heavy atom. The summed E-state index contributed by atoms with van der Waals surface area (Å²) < 4.78 is 6.17. The second kappa shape index (κ2) is 8.81. The van der Waals surface area contributed by atoms with Crippen molar-refractivity contribution in [3.8, 4) is 0 Å². The third-order valence-electron chi connectivity index (χ3n) is 5.76. The van der Waals surface area contributed by atoms with Crippen LogP contribution in [-0.2, 0) is 11.2 Å². The minimum absolute atomic E-state index is 0.356. The van der Waals surface area contributed by atoms with Gasteiger partial charge in [-0.15, -0.1) is 0 Å². The van der Waals surface area contributed by atoms with Crippen molar-refractivity contribution in [3.63, 3.8) is 0 Å². The molecule has 2 saturated heterocycles. The van der Waals surface area contributed by atoms with Gasteiger partial charge in [0.15, 0.2) is 0 Å². The Morgan fingerprint density at radius 3 is 2.56 bits per heavy atom. The Labute approximate surface area is 151 Å². The quantitative estimate of drug-likeness (QED) is 0.629. The highest BCUT2D eigenvalue weighted by Crippen LogP contribution is 2.40. The number of unbranched alkanes of at least 4 members (excludes halogenated alkanes) is 4. The lowest BCUT2D eigenvalue weighted by molar-refractivity contribution is 0.0696. The second-order valence-corrected chi connectivity index (χ2v) is 7.55. The van der Waals surface area contributed by atoms with Crippen LogP contribution in [0, 0.1) is 5.92 Å². The number of carboxylic acid groups (broad SMARTS) is 1. The number of rotatable bonds is 10. The first kappa shape index (κ1) is 18.4. The van der Waals surface area contributed by atoms with Crippen molar-refractivity contribution >= 4 is 5.97 Å². The van der Waals surface area contributed by atoms with Crippen molar-refractivity contribution in [2.45, 2.75) is 76.5 Å². The maximum Gasteiger partial charge on any atom is 0.335 e. The molecule has 0 amide bonds. The van der Waals surface area contributed by atoms with Gasteiger partial charge in [-0.05, 0) is 49.9 Å². The number of ether oxygens (including phenoxy) is 1. The van der Waals surface area contributed by atoms with E-state index in [4.69, 9.17) is 9.84 Å². The number of nitrogens with one attached hydrogen (secondary N) is 1. The van der Waals surface area contributed by atoms with Crippen LogP contribution in [0.25, 0.3) is 0 Å². The molecule has 2 fully saturated rings. The number of hydrogen-bond acceptors (Lipinski definition) is 3. The molecule has 4 nitrogen and oxygen atoms in total. The van der Waals surface area contributed by atoms with E-state index in [2.05, 4.69) is 12.2 Å². The lowest BCUT2D eigenvalue weighted by Gasteiger charge is -2.29. The minimum Gasteiger partial charge on any atom is -0.478 e. The Morgan fingerprint density at radius 1 is 1.12 bits per heavy atom. The van der Waals surface area contributed by atoms with Gasteiger partial charge in [-0.1, -0.05) is 44.7 Å². The molecule has 4 heteroatoms. The standard InChI is InChI=1S/C21H31NO3/c1-2-3-4-5-6-13-22-20-17(18-11-12-19(20)25-18)14-15-7-9-16(10-8-15)21(23)24/h7-10,17-20,22H,2-6,11-14H2,1H3,(H,23,24). The maximum absolute atomic E-state index is 11.0. The van der Waals surface area contributed by atoms with Gasteiger partial charge in [0.2, 0.25) is 0 Å². The molecule has 4 unspecified atom stereocenters. The zero-order valence-electron chi connectivity index (χ0n) is 15.2. The molecular formula is C21H31NO3. The van der Waals surface area contributed by atoms with Gasteiger partial charge in [0.05, 0.1) is 17.8 Å². The average molecular weight is 345 g/mol. The fraction of sp³-hybridized carbons (Fsp3) is 0.667. The van der Waals surface area contributed by atoms with E-state index in [1.807, 2.05) is 12.1 Å². The molecule has 0 saturated carbocycles. The van der Waals surface area contributed by atoms with E-state index in [1.54, 1.807) is 12.1 Å². The van der Waals surface area contributed by atoms with E-state index in [9.17, 15) is 4.79 Å². The van der Waals surface area contributed by atoms with E-state index in [1.165, 1.54) is 44.1 Å². The number of carboxylic acids is 1. The maximum atomic E-state index is 11.0. The second-order valence-electron chi connectivity index (χ2n) is 7.55. The molecule has 0 spiro atoms. The SMILES string of the molecule is CCCCCCCNC1C2CCC(O2)C1Cc1ccc(C(=O)O)cc1. The highest BCUT2D eigenvalue weighted by atomic mass is 16.5. The molecule has 3 rings (SSSR count). The Balaban J connectivity index is 1.52. The molecule has 1 aromatic carbocycles. The smallest absolute Gasteiger partial charge is 0.335 e. The molecule has 2 aliphatic rings. The molecule has 1 aromatic rings. The summed E-state index contributed by atoms with van der Waals surface area (Å²) in [6, 6.07) is 7.78. The predicted molar refractivity (Wildman–Crippen MR) is 99.0 cm³/mol. The van der Waals surface area contributed by atoms with Crippen molar-refractivity contribution in [3.05, 3.63) is 35.4 Å². The molecule has 2 bridgehead atoms. The fourth-order valence-corrected chi connectivity index (χ4v) is 4.37. The fourth-order valence-electron chi connectivity index (χ4n) is 4.37. The van der Waals surface area contributed by atoms with Crippen LogP contribution in [0.4, 0.5) is 0 Å². The summed E-state index contributed by atoms with van der Waals surface area (Å²) in [5, 5.41) is 12.8. The normalized spacial score (nSPS) is 27.7. The third kappa shape index (κ3) is 4.62. The van der Waals surface area contributed by atoms with E-state index in [-0.39, 0.29) is 0 Å². The summed E-state index contributed by atoms with van der Waals surface area (Å²) in [6.07, 6.45) is 10.6. The Hall–Kier alpha value is -1.39. The van der Waals surface area contributed by atoms with E-state index in [0.29, 0.717) is 29.7 Å². The number of fused-ring (bicyclic) bond motifs is 2.